The van der Waals surface area contributed by atoms with E-state index in [1.807, 2.05) is 43.6 Å². The minimum Gasteiger partial charge on any atom is -0.341 e. The number of nitrogens with one attached hydrogen (secondary N) is 3. The highest BCUT2D eigenvalue weighted by Crippen LogP contribution is 2.15. The summed E-state index contributed by atoms with van der Waals surface area (Å²) in [6.07, 6.45) is 2.04. The largest absolute Gasteiger partial charge is 0.341 e. The molecule has 2 aromatic carbocycles. The maximum Gasteiger partial charge on any atom is 0.321 e. The molecule has 0 heterocycles. The quantitative estimate of drug-likeness (QED) is 0.688. The van der Waals surface area contributed by atoms with Crippen LogP contribution in [0, 0.1) is 0 Å². The van der Waals surface area contributed by atoms with Crippen LogP contribution in [0.15, 0.2) is 59.5 Å². The highest BCUT2D eigenvalue weighted by atomic mass is 32.2. The molecule has 0 aliphatic rings. The number of imide groups is 1. The molecule has 0 radical (unpaired) electrons. The van der Waals surface area contributed by atoms with Gasteiger partial charge in [-0.05, 0) is 18.4 Å². The molecule has 0 fully saturated rings. The summed E-state index contributed by atoms with van der Waals surface area (Å²) < 4.78 is 0. The van der Waals surface area contributed by atoms with Gasteiger partial charge in [-0.3, -0.25) is 10.1 Å². The van der Waals surface area contributed by atoms with Crippen LogP contribution in [0.3, 0.4) is 0 Å². The lowest BCUT2D eigenvalue weighted by molar-refractivity contribution is -0.916. The maximum absolute atomic E-state index is 12.6. The van der Waals surface area contributed by atoms with Crippen molar-refractivity contribution in [2.24, 2.45) is 0 Å². The Kier molecular flexibility index (Phi) is 7.03. The Morgan fingerprint density at radius 3 is 2.28 bits per heavy atom. The monoisotopic (exact) mass is 358 g/mol. The van der Waals surface area contributed by atoms with Crippen molar-refractivity contribution in [2.75, 3.05) is 20.4 Å². The number of quaternary nitrogens is 1. The lowest BCUT2D eigenvalue weighted by atomic mass is 10.0. The second-order valence-electron chi connectivity index (χ2n) is 5.78. The number of hydrogen-bond donors (Lipinski definition) is 3. The molecule has 0 saturated heterocycles. The van der Waals surface area contributed by atoms with E-state index in [0.717, 1.165) is 16.0 Å². The molecule has 1 unspecified atom stereocenters. The summed E-state index contributed by atoms with van der Waals surface area (Å²) in [7, 11) is 3.45. The highest BCUT2D eigenvalue weighted by molar-refractivity contribution is 7.98. The first-order valence-electron chi connectivity index (χ1n) is 8.08. The molecule has 0 bridgehead atoms. The summed E-state index contributed by atoms with van der Waals surface area (Å²) in [5, 5.41) is 4.82. The molecule has 0 spiro atoms. The van der Waals surface area contributed by atoms with E-state index in [1.165, 1.54) is 11.9 Å². The van der Waals surface area contributed by atoms with Gasteiger partial charge >= 0.3 is 6.03 Å². The van der Waals surface area contributed by atoms with Crippen molar-refractivity contribution < 1.29 is 14.5 Å². The van der Waals surface area contributed by atoms with E-state index in [-0.39, 0.29) is 5.91 Å². The number of carbonyl (C=O) groups is 2. The summed E-state index contributed by atoms with van der Waals surface area (Å²) >= 11 is 1.70. The van der Waals surface area contributed by atoms with Crippen LogP contribution in [0.4, 0.5) is 4.79 Å². The van der Waals surface area contributed by atoms with E-state index in [9.17, 15) is 9.59 Å². The predicted octanol–water partition coefficient (Wildman–Crippen LogP) is 1.62. The van der Waals surface area contributed by atoms with Crippen molar-refractivity contribution in [3.8, 4) is 0 Å². The first-order valence-corrected chi connectivity index (χ1v) is 9.30. The van der Waals surface area contributed by atoms with E-state index in [2.05, 4.69) is 34.9 Å². The minimum atomic E-state index is -0.497. The van der Waals surface area contributed by atoms with Gasteiger partial charge in [-0.15, -0.1) is 11.8 Å². The third-order valence-corrected chi connectivity index (χ3v) is 4.74. The van der Waals surface area contributed by atoms with E-state index in [1.54, 1.807) is 11.8 Å². The van der Waals surface area contributed by atoms with Gasteiger partial charge in [0.25, 0.3) is 5.91 Å². The smallest absolute Gasteiger partial charge is 0.321 e. The van der Waals surface area contributed by atoms with Crippen molar-refractivity contribution in [1.82, 2.24) is 10.6 Å². The van der Waals surface area contributed by atoms with Crippen molar-refractivity contribution in [2.45, 2.75) is 17.5 Å². The second kappa shape index (κ2) is 9.25. The van der Waals surface area contributed by atoms with Gasteiger partial charge in [-0.1, -0.05) is 42.5 Å². The molecule has 2 atom stereocenters. The molecular formula is C19H24N3O2S+. The highest BCUT2D eigenvalue weighted by Gasteiger charge is 2.30. The number of urea groups is 1. The van der Waals surface area contributed by atoms with Crippen LogP contribution in [0.5, 0.6) is 0 Å². The fourth-order valence-corrected chi connectivity index (χ4v) is 3.13. The molecular weight excluding hydrogens is 334 g/mol. The van der Waals surface area contributed by atoms with Crippen molar-refractivity contribution in [3.05, 3.63) is 65.7 Å². The number of benzene rings is 2. The Hall–Kier alpha value is -2.31. The molecule has 6 heteroatoms. The van der Waals surface area contributed by atoms with Gasteiger partial charge in [0.1, 0.15) is 6.54 Å². The number of carbonyl (C=O) groups excluding carboxylic acids is 2. The summed E-state index contributed by atoms with van der Waals surface area (Å²) in [6, 6.07) is 16.9. The lowest BCUT2D eigenvalue weighted by Crippen LogP contribution is -3.09. The summed E-state index contributed by atoms with van der Waals surface area (Å²) in [6.45, 7) is 0.676. The average molecular weight is 358 g/mol. The van der Waals surface area contributed by atoms with Gasteiger partial charge in [0, 0.05) is 23.1 Å². The Bertz CT molecular complexity index is 704. The Morgan fingerprint density at radius 1 is 1.08 bits per heavy atom. The zero-order valence-electron chi connectivity index (χ0n) is 14.7. The Labute approximate surface area is 152 Å². The lowest BCUT2D eigenvalue weighted by Gasteiger charge is -2.24. The third kappa shape index (κ3) is 5.34. The van der Waals surface area contributed by atoms with Crippen molar-refractivity contribution in [1.29, 1.82) is 0 Å². The molecule has 3 amide bonds. The molecule has 0 aliphatic carbocycles. The second-order valence-corrected chi connectivity index (χ2v) is 6.66. The Morgan fingerprint density at radius 2 is 1.72 bits per heavy atom. The van der Waals surface area contributed by atoms with Crippen molar-refractivity contribution >= 4 is 23.7 Å². The van der Waals surface area contributed by atoms with Gasteiger partial charge in [0.2, 0.25) is 0 Å². The van der Waals surface area contributed by atoms with E-state index in [0.29, 0.717) is 6.54 Å². The maximum atomic E-state index is 12.6. The topological polar surface area (TPSA) is 62.6 Å². The number of rotatable bonds is 6. The van der Waals surface area contributed by atoms with Crippen molar-refractivity contribution in [3.63, 3.8) is 0 Å². The fourth-order valence-electron chi connectivity index (χ4n) is 2.72. The molecule has 25 heavy (non-hydrogen) atoms. The van der Waals surface area contributed by atoms with Crippen LogP contribution in [-0.2, 0) is 11.3 Å². The van der Waals surface area contributed by atoms with Crippen LogP contribution in [0.2, 0.25) is 0 Å². The third-order valence-electron chi connectivity index (χ3n) is 3.99. The van der Waals surface area contributed by atoms with E-state index < -0.39 is 12.1 Å². The van der Waals surface area contributed by atoms with Gasteiger partial charge in [0.05, 0.1) is 7.05 Å². The fraction of sp³-hybridized carbons (Fsp3) is 0.263. The molecule has 3 N–H and O–H groups in total. The number of amides is 3. The van der Waals surface area contributed by atoms with Gasteiger partial charge in [0.15, 0.2) is 6.04 Å². The number of likely N-dealkylation sites (N-methyl/N-ethyl adjacent to an activating group) is 1. The SMILES string of the molecule is CNC(=O)NC(=O)[C@@H](c1ccccc1)[NH+](C)Cc1ccc(SC)cc1. The van der Waals surface area contributed by atoms with E-state index in [4.69, 9.17) is 0 Å². The van der Waals surface area contributed by atoms with Gasteiger partial charge in [-0.25, -0.2) is 4.79 Å². The molecule has 2 aromatic rings. The van der Waals surface area contributed by atoms with Crippen LogP contribution in [-0.4, -0.2) is 32.3 Å². The molecule has 0 saturated carbocycles. The van der Waals surface area contributed by atoms with Crippen LogP contribution < -0.4 is 15.5 Å². The molecule has 132 valence electrons. The first-order chi connectivity index (χ1) is 12.0. The van der Waals surface area contributed by atoms with Crippen LogP contribution in [0.1, 0.15) is 17.2 Å². The first kappa shape index (κ1) is 19.0. The molecule has 0 aliphatic heterocycles. The average Bonchev–Trinajstić information content (AvgIpc) is 2.63. The minimum absolute atomic E-state index is 0.316. The summed E-state index contributed by atoms with van der Waals surface area (Å²) in [4.78, 5) is 26.4. The predicted molar refractivity (Wildman–Crippen MR) is 101 cm³/mol. The Balaban J connectivity index is 2.21. The number of thioether (sulfide) groups is 1. The summed E-state index contributed by atoms with van der Waals surface area (Å²) in [5.41, 5.74) is 2.02. The van der Waals surface area contributed by atoms with Gasteiger partial charge < -0.3 is 10.2 Å². The molecule has 5 nitrogen and oxygen atoms in total. The number of hydrogen-bond acceptors (Lipinski definition) is 3. The molecule has 0 aromatic heterocycles. The zero-order chi connectivity index (χ0) is 18.2. The summed E-state index contributed by atoms with van der Waals surface area (Å²) in [5.74, 6) is -0.316. The van der Waals surface area contributed by atoms with Crippen LogP contribution >= 0.6 is 11.8 Å². The zero-order valence-corrected chi connectivity index (χ0v) is 15.5. The molecule has 2 rings (SSSR count). The standard InChI is InChI=1S/C19H23N3O2S/c1-20-19(24)21-18(23)17(15-7-5-4-6-8-15)22(2)13-14-9-11-16(25-3)12-10-14/h4-12,17H,13H2,1-3H3,(H2,20,21,23,24)/p+1/t17-/m1/s1. The normalized spacial score (nSPS) is 12.9. The van der Waals surface area contributed by atoms with Gasteiger partial charge in [-0.2, -0.15) is 0 Å². The van der Waals surface area contributed by atoms with E-state index >= 15 is 0 Å². The van der Waals surface area contributed by atoms with Crippen LogP contribution in [0.25, 0.3) is 0 Å².